The maximum atomic E-state index is 6.79. The molecule has 0 unspecified atom stereocenters. The fourth-order valence-electron chi connectivity index (χ4n) is 6.79. The van der Waals surface area contributed by atoms with Crippen LogP contribution in [0.4, 0.5) is 0 Å². The maximum absolute atomic E-state index is 6.79. The monoisotopic (exact) mass is 458 g/mol. The summed E-state index contributed by atoms with van der Waals surface area (Å²) >= 11 is 0. The summed E-state index contributed by atoms with van der Waals surface area (Å²) in [7, 11) is 2.17. The number of ether oxygens (including phenoxy) is 1. The largest absolute Gasteiger partial charge is 0.455 e. The molecule has 0 amide bonds. The topological polar surface area (TPSA) is 13.1 Å². The van der Waals surface area contributed by atoms with E-state index in [1.54, 1.807) is 0 Å². The molecule has 0 bridgehead atoms. The molecule has 2 heteroatoms. The van der Waals surface area contributed by atoms with Gasteiger partial charge in [-0.3, -0.25) is 0 Å². The number of aryl methyl sites for hydroxylation is 4. The molecule has 1 aliphatic heterocycles. The molecule has 5 aromatic rings. The van der Waals surface area contributed by atoms with Gasteiger partial charge >= 0.3 is 0 Å². The second-order valence-corrected chi connectivity index (χ2v) is 11.0. The van der Waals surface area contributed by atoms with Crippen molar-refractivity contribution in [1.82, 2.24) is 0 Å². The first-order valence-electron chi connectivity index (χ1n) is 13.1. The van der Waals surface area contributed by atoms with Crippen LogP contribution in [0.15, 0.2) is 54.7 Å². The fraction of sp³-hybridized carbons (Fsp3) is 0.303. The van der Waals surface area contributed by atoms with E-state index in [0.717, 1.165) is 17.4 Å². The van der Waals surface area contributed by atoms with Crippen molar-refractivity contribution in [3.8, 4) is 22.8 Å². The third kappa shape index (κ3) is 3.05. The Morgan fingerprint density at radius 2 is 1.66 bits per heavy atom. The van der Waals surface area contributed by atoms with Crippen LogP contribution < -0.4 is 9.30 Å². The summed E-state index contributed by atoms with van der Waals surface area (Å²) in [6.07, 6.45) is 9.00. The predicted molar refractivity (Wildman–Crippen MR) is 146 cm³/mol. The van der Waals surface area contributed by atoms with E-state index >= 15 is 0 Å². The maximum Gasteiger partial charge on any atom is 0.228 e. The van der Waals surface area contributed by atoms with Crippen molar-refractivity contribution in [1.29, 1.82) is 0 Å². The summed E-state index contributed by atoms with van der Waals surface area (Å²) in [4.78, 5) is 0. The third-order valence-electron chi connectivity index (χ3n) is 8.64. The van der Waals surface area contributed by atoms with E-state index in [0.29, 0.717) is 0 Å². The van der Waals surface area contributed by atoms with Crippen molar-refractivity contribution < 1.29 is 9.30 Å². The van der Waals surface area contributed by atoms with Crippen LogP contribution in [-0.2, 0) is 13.5 Å². The third-order valence-corrected chi connectivity index (χ3v) is 8.64. The second kappa shape index (κ2) is 7.55. The van der Waals surface area contributed by atoms with Gasteiger partial charge in [0, 0.05) is 17.0 Å². The second-order valence-electron chi connectivity index (χ2n) is 11.0. The number of hydrogen-bond donors (Lipinski definition) is 0. The first kappa shape index (κ1) is 20.9. The van der Waals surface area contributed by atoms with E-state index in [1.807, 2.05) is 0 Å². The number of pyridine rings is 1. The van der Waals surface area contributed by atoms with E-state index in [-0.39, 0.29) is 0 Å². The summed E-state index contributed by atoms with van der Waals surface area (Å²) < 4.78 is 9.07. The van der Waals surface area contributed by atoms with Crippen LogP contribution in [0.1, 0.15) is 47.9 Å². The van der Waals surface area contributed by atoms with Gasteiger partial charge in [-0.05, 0) is 71.8 Å². The molecule has 4 aromatic carbocycles. The van der Waals surface area contributed by atoms with Gasteiger partial charge in [-0.25, -0.2) is 4.57 Å². The van der Waals surface area contributed by atoms with Gasteiger partial charge in [0.25, 0.3) is 0 Å². The van der Waals surface area contributed by atoms with Crippen LogP contribution in [0.5, 0.6) is 11.5 Å². The lowest BCUT2D eigenvalue weighted by Gasteiger charge is -2.25. The number of rotatable bonds is 2. The molecule has 7 rings (SSSR count). The summed E-state index contributed by atoms with van der Waals surface area (Å²) in [5.74, 6) is 2.83. The van der Waals surface area contributed by atoms with Crippen molar-refractivity contribution >= 4 is 32.3 Å². The summed E-state index contributed by atoms with van der Waals surface area (Å²) in [5, 5.41) is 7.75. The first-order chi connectivity index (χ1) is 17.0. The molecule has 1 fully saturated rings. The molecule has 0 saturated heterocycles. The quantitative estimate of drug-likeness (QED) is 0.187. The average Bonchev–Trinajstić information content (AvgIpc) is 3.37. The van der Waals surface area contributed by atoms with Crippen LogP contribution in [0.3, 0.4) is 0 Å². The molecular weight excluding hydrogens is 426 g/mol. The minimum atomic E-state index is 0.850. The highest BCUT2D eigenvalue weighted by molar-refractivity contribution is 6.16. The van der Waals surface area contributed by atoms with Crippen molar-refractivity contribution in [3.05, 3.63) is 77.0 Å². The highest BCUT2D eigenvalue weighted by atomic mass is 16.5. The fourth-order valence-corrected chi connectivity index (χ4v) is 6.79. The minimum absolute atomic E-state index is 0.850. The Hall–Kier alpha value is -3.39. The molecular formula is C33H32NO+. The number of nitrogens with zero attached hydrogens (tertiary/aromatic N) is 1. The molecule has 174 valence electrons. The molecule has 0 atom stereocenters. The molecule has 1 saturated carbocycles. The molecule has 2 heterocycles. The standard InChI is InChI=1S/C33H32NO/c1-19-9-12-25-21(3)33-30(20(2)27(25)15-19)32-31-26(13-14-34(32)4)28-17-23(16-22-7-5-6-8-22)10-11-24(28)18-29(31)35-33/h9-15,17-18,22H,5-8,16H2,1-4H3/q+1. The van der Waals surface area contributed by atoms with E-state index < -0.39 is 0 Å². The Bertz CT molecular complexity index is 1690. The van der Waals surface area contributed by atoms with Gasteiger partial charge in [0.2, 0.25) is 5.69 Å². The van der Waals surface area contributed by atoms with E-state index in [1.165, 1.54) is 97.9 Å². The number of hydrogen-bond acceptors (Lipinski definition) is 1. The highest BCUT2D eigenvalue weighted by Crippen LogP contribution is 2.51. The van der Waals surface area contributed by atoms with Crippen molar-refractivity contribution in [2.75, 3.05) is 0 Å². The molecule has 1 aliphatic carbocycles. The molecule has 0 radical (unpaired) electrons. The zero-order valence-corrected chi connectivity index (χ0v) is 21.2. The Labute approximate surface area is 207 Å². The van der Waals surface area contributed by atoms with Crippen molar-refractivity contribution in [2.24, 2.45) is 13.0 Å². The first-order valence-corrected chi connectivity index (χ1v) is 13.1. The van der Waals surface area contributed by atoms with Crippen LogP contribution in [0.25, 0.3) is 43.6 Å². The Morgan fingerprint density at radius 1 is 0.829 bits per heavy atom. The van der Waals surface area contributed by atoms with Crippen LogP contribution >= 0.6 is 0 Å². The molecule has 2 aliphatic rings. The number of fused-ring (bicyclic) bond motifs is 5. The van der Waals surface area contributed by atoms with Gasteiger partial charge in [0.1, 0.15) is 18.5 Å². The summed E-state index contributed by atoms with van der Waals surface area (Å²) in [6, 6.07) is 18.4. The summed E-state index contributed by atoms with van der Waals surface area (Å²) in [5.41, 5.74) is 7.79. The molecule has 0 N–H and O–H groups in total. The lowest BCUT2D eigenvalue weighted by molar-refractivity contribution is -0.659. The molecule has 0 spiro atoms. The zero-order chi connectivity index (χ0) is 23.8. The summed E-state index contributed by atoms with van der Waals surface area (Å²) in [6.45, 7) is 6.64. The van der Waals surface area contributed by atoms with Gasteiger partial charge in [0.05, 0.1) is 10.9 Å². The minimum Gasteiger partial charge on any atom is -0.455 e. The van der Waals surface area contributed by atoms with Crippen LogP contribution in [0, 0.1) is 26.7 Å². The lowest BCUT2D eigenvalue weighted by Crippen LogP contribution is -2.32. The molecule has 1 aromatic heterocycles. The predicted octanol–water partition coefficient (Wildman–Crippen LogP) is 8.40. The van der Waals surface area contributed by atoms with Gasteiger partial charge in [0.15, 0.2) is 6.20 Å². The van der Waals surface area contributed by atoms with E-state index in [4.69, 9.17) is 4.74 Å². The van der Waals surface area contributed by atoms with E-state index in [9.17, 15) is 0 Å². The lowest BCUT2D eigenvalue weighted by atomic mass is 9.87. The van der Waals surface area contributed by atoms with Gasteiger partial charge < -0.3 is 4.74 Å². The number of benzene rings is 4. The molecule has 35 heavy (non-hydrogen) atoms. The van der Waals surface area contributed by atoms with Gasteiger partial charge in [-0.15, -0.1) is 0 Å². The van der Waals surface area contributed by atoms with E-state index in [2.05, 4.69) is 87.1 Å². The number of aromatic nitrogens is 1. The van der Waals surface area contributed by atoms with Crippen molar-refractivity contribution in [2.45, 2.75) is 52.9 Å². The van der Waals surface area contributed by atoms with Crippen molar-refractivity contribution in [3.63, 3.8) is 0 Å². The SMILES string of the molecule is Cc1ccc2c(C)c3c(c(C)c2c1)-c1c2c(cc4ccc(CC5CCCC5)cc4c2cc[n+]1C)O3. The van der Waals surface area contributed by atoms with Gasteiger partial charge in [-0.1, -0.05) is 67.6 Å². The van der Waals surface area contributed by atoms with Gasteiger partial charge in [-0.2, -0.15) is 0 Å². The highest BCUT2D eigenvalue weighted by Gasteiger charge is 2.32. The zero-order valence-electron chi connectivity index (χ0n) is 21.2. The normalized spacial score (nSPS) is 15.2. The average molecular weight is 459 g/mol. The smallest absolute Gasteiger partial charge is 0.228 e. The van der Waals surface area contributed by atoms with Crippen LogP contribution in [0.2, 0.25) is 0 Å². The Morgan fingerprint density at radius 3 is 2.49 bits per heavy atom. The van der Waals surface area contributed by atoms with Crippen LogP contribution in [-0.4, -0.2) is 0 Å². The Balaban J connectivity index is 1.53. The Kier molecular flexibility index (Phi) is 4.52. The molecule has 2 nitrogen and oxygen atoms in total.